The van der Waals surface area contributed by atoms with Gasteiger partial charge < -0.3 is 4.74 Å². The lowest BCUT2D eigenvalue weighted by atomic mass is 10.2. The molecule has 1 heterocycles. The first kappa shape index (κ1) is 15.7. The number of aromatic nitrogens is 2. The Morgan fingerprint density at radius 3 is 2.48 bits per heavy atom. The molecule has 110 valence electrons. The van der Waals surface area contributed by atoms with Crippen LogP contribution in [0.25, 0.3) is 0 Å². The van der Waals surface area contributed by atoms with Gasteiger partial charge in [-0.15, -0.1) is 0 Å². The Hall–Kier alpha value is -1.73. The molecule has 8 heteroatoms. The number of aryl methyl sites for hydroxylation is 3. The molecule has 0 aliphatic carbocycles. The summed E-state index contributed by atoms with van der Waals surface area (Å²) in [5, 5.41) is 11.2. The van der Waals surface area contributed by atoms with Gasteiger partial charge in [0.2, 0.25) is 5.75 Å². The molecule has 1 aromatic carbocycles. The molecule has 0 spiro atoms. The van der Waals surface area contributed by atoms with Crippen LogP contribution in [0.2, 0.25) is 5.15 Å². The van der Waals surface area contributed by atoms with Crippen molar-refractivity contribution in [1.29, 1.82) is 0 Å². The van der Waals surface area contributed by atoms with Gasteiger partial charge in [-0.2, -0.15) is 0 Å². The molecule has 0 amide bonds. The minimum atomic E-state index is -0.518. The normalized spacial score (nSPS) is 10.5. The molecule has 2 rings (SSSR count). The summed E-state index contributed by atoms with van der Waals surface area (Å²) in [5.74, 6) is 0.149. The van der Waals surface area contributed by atoms with Gasteiger partial charge in [0.15, 0.2) is 5.15 Å². The average molecular weight is 373 g/mol. The van der Waals surface area contributed by atoms with E-state index >= 15 is 0 Å². The Bertz CT molecular complexity index is 737. The molecule has 1 aromatic heterocycles. The molecular weight excluding hydrogens is 362 g/mol. The van der Waals surface area contributed by atoms with Crippen LogP contribution in [0.5, 0.6) is 11.6 Å². The Balaban J connectivity index is 2.54. The summed E-state index contributed by atoms with van der Waals surface area (Å²) in [4.78, 5) is 18.9. The van der Waals surface area contributed by atoms with Crippen LogP contribution in [0, 0.1) is 30.9 Å². The van der Waals surface area contributed by atoms with E-state index in [4.69, 9.17) is 16.3 Å². The van der Waals surface area contributed by atoms with Crippen molar-refractivity contribution in [2.24, 2.45) is 0 Å². The van der Waals surface area contributed by atoms with Crippen LogP contribution in [0.4, 0.5) is 5.69 Å². The molecule has 0 radical (unpaired) electrons. The van der Waals surface area contributed by atoms with Crippen molar-refractivity contribution in [3.63, 3.8) is 0 Å². The van der Waals surface area contributed by atoms with Crippen LogP contribution in [0.1, 0.15) is 17.0 Å². The maximum Gasteiger partial charge on any atom is 0.313 e. The third-order valence-electron chi connectivity index (χ3n) is 2.85. The Morgan fingerprint density at radius 1 is 1.24 bits per heavy atom. The molecule has 0 atom stereocenters. The van der Waals surface area contributed by atoms with Crippen LogP contribution < -0.4 is 4.74 Å². The molecule has 0 unspecified atom stereocenters. The number of nitro benzene ring substituents is 1. The van der Waals surface area contributed by atoms with Crippen molar-refractivity contribution >= 4 is 33.2 Å². The van der Waals surface area contributed by atoms with E-state index in [1.807, 2.05) is 0 Å². The summed E-state index contributed by atoms with van der Waals surface area (Å²) in [6, 6.07) is 3.08. The second-order valence-electron chi connectivity index (χ2n) is 4.42. The zero-order chi connectivity index (χ0) is 15.7. The van der Waals surface area contributed by atoms with Crippen molar-refractivity contribution in [2.45, 2.75) is 20.8 Å². The van der Waals surface area contributed by atoms with Crippen molar-refractivity contribution in [3.8, 4) is 11.6 Å². The van der Waals surface area contributed by atoms with Crippen LogP contribution in [0.15, 0.2) is 16.6 Å². The van der Waals surface area contributed by atoms with E-state index in [1.165, 1.54) is 6.07 Å². The Morgan fingerprint density at radius 2 is 1.86 bits per heavy atom. The molecule has 0 bridgehead atoms. The van der Waals surface area contributed by atoms with Gasteiger partial charge in [-0.1, -0.05) is 27.5 Å². The van der Waals surface area contributed by atoms with E-state index in [0.717, 1.165) is 0 Å². The van der Waals surface area contributed by atoms with Gasteiger partial charge in [-0.25, -0.2) is 9.97 Å². The molecule has 0 aliphatic rings. The van der Waals surface area contributed by atoms with Gasteiger partial charge in [0.25, 0.3) is 5.88 Å². The molecule has 0 saturated carbocycles. The lowest BCUT2D eigenvalue weighted by Gasteiger charge is -2.11. The SMILES string of the molecule is Cc1cc(Br)cc([N+](=O)[O-])c1Oc1nc(C)c(C)nc1Cl. The maximum atomic E-state index is 11.2. The first-order valence-electron chi connectivity index (χ1n) is 5.92. The summed E-state index contributed by atoms with van der Waals surface area (Å²) in [6.45, 7) is 5.23. The number of nitro groups is 1. The van der Waals surface area contributed by atoms with Gasteiger partial charge in [-0.05, 0) is 26.8 Å². The smallest absolute Gasteiger partial charge is 0.313 e. The quantitative estimate of drug-likeness (QED) is 0.585. The highest BCUT2D eigenvalue weighted by Crippen LogP contribution is 2.38. The highest BCUT2D eigenvalue weighted by Gasteiger charge is 2.22. The molecule has 21 heavy (non-hydrogen) atoms. The number of halogens is 2. The van der Waals surface area contributed by atoms with Crippen LogP contribution in [0.3, 0.4) is 0 Å². The Labute approximate surface area is 134 Å². The number of hydrogen-bond acceptors (Lipinski definition) is 5. The Kier molecular flexibility index (Phi) is 4.43. The number of rotatable bonds is 3. The van der Waals surface area contributed by atoms with Crippen LogP contribution in [-0.4, -0.2) is 14.9 Å². The highest BCUT2D eigenvalue weighted by atomic mass is 79.9. The zero-order valence-electron chi connectivity index (χ0n) is 11.5. The van der Waals surface area contributed by atoms with Crippen molar-refractivity contribution < 1.29 is 9.66 Å². The standard InChI is InChI=1S/C13H11BrClN3O3/c1-6-4-9(14)5-10(18(19)20)11(6)21-13-12(15)16-7(2)8(3)17-13/h4-5H,1-3H3. The second kappa shape index (κ2) is 5.95. The lowest BCUT2D eigenvalue weighted by molar-refractivity contribution is -0.385. The maximum absolute atomic E-state index is 11.2. The van der Waals surface area contributed by atoms with E-state index < -0.39 is 4.92 Å². The largest absolute Gasteiger partial charge is 0.429 e. The van der Waals surface area contributed by atoms with Crippen LogP contribution in [-0.2, 0) is 0 Å². The van der Waals surface area contributed by atoms with E-state index in [9.17, 15) is 10.1 Å². The predicted molar refractivity (Wildman–Crippen MR) is 82.1 cm³/mol. The topological polar surface area (TPSA) is 78.2 Å². The molecule has 6 nitrogen and oxygen atoms in total. The van der Waals surface area contributed by atoms with Crippen molar-refractivity contribution in [2.75, 3.05) is 0 Å². The lowest BCUT2D eigenvalue weighted by Crippen LogP contribution is -2.01. The molecular formula is C13H11BrClN3O3. The third-order valence-corrected chi connectivity index (χ3v) is 3.55. The summed E-state index contributed by atoms with van der Waals surface area (Å²) in [6.07, 6.45) is 0. The predicted octanol–water partition coefficient (Wildman–Crippen LogP) is 4.52. The number of ether oxygens (including phenoxy) is 1. The van der Waals surface area contributed by atoms with Crippen molar-refractivity contribution in [3.05, 3.63) is 48.8 Å². The van der Waals surface area contributed by atoms with Crippen LogP contribution >= 0.6 is 27.5 Å². The fourth-order valence-corrected chi connectivity index (χ4v) is 2.47. The van der Waals surface area contributed by atoms with Gasteiger partial charge in [-0.3, -0.25) is 10.1 Å². The molecule has 0 N–H and O–H groups in total. The molecule has 0 aliphatic heterocycles. The van der Waals surface area contributed by atoms with E-state index in [-0.39, 0.29) is 22.5 Å². The highest BCUT2D eigenvalue weighted by molar-refractivity contribution is 9.10. The van der Waals surface area contributed by atoms with E-state index in [1.54, 1.807) is 26.8 Å². The second-order valence-corrected chi connectivity index (χ2v) is 5.69. The minimum Gasteiger partial charge on any atom is -0.429 e. The summed E-state index contributed by atoms with van der Waals surface area (Å²) >= 11 is 9.21. The fourth-order valence-electron chi connectivity index (χ4n) is 1.70. The average Bonchev–Trinajstić information content (AvgIpc) is 2.38. The fraction of sp³-hybridized carbons (Fsp3) is 0.231. The van der Waals surface area contributed by atoms with Gasteiger partial charge in [0, 0.05) is 16.1 Å². The summed E-state index contributed by atoms with van der Waals surface area (Å²) in [7, 11) is 0. The van der Waals surface area contributed by atoms with Gasteiger partial charge >= 0.3 is 5.69 Å². The number of benzene rings is 1. The van der Waals surface area contributed by atoms with E-state index in [2.05, 4.69) is 25.9 Å². The zero-order valence-corrected chi connectivity index (χ0v) is 13.8. The number of nitrogens with zero attached hydrogens (tertiary/aromatic N) is 3. The van der Waals surface area contributed by atoms with Crippen molar-refractivity contribution in [1.82, 2.24) is 9.97 Å². The third kappa shape index (κ3) is 3.30. The van der Waals surface area contributed by atoms with Gasteiger partial charge in [0.05, 0.1) is 16.3 Å². The monoisotopic (exact) mass is 371 g/mol. The molecule has 2 aromatic rings. The van der Waals surface area contributed by atoms with Gasteiger partial charge in [0.1, 0.15) is 0 Å². The first-order chi connectivity index (χ1) is 9.79. The summed E-state index contributed by atoms with van der Waals surface area (Å²) < 4.78 is 6.15. The minimum absolute atomic E-state index is 0.0493. The number of hydrogen-bond donors (Lipinski definition) is 0. The summed E-state index contributed by atoms with van der Waals surface area (Å²) in [5.41, 5.74) is 1.74. The van der Waals surface area contributed by atoms with E-state index in [0.29, 0.717) is 21.4 Å². The first-order valence-corrected chi connectivity index (χ1v) is 7.10. The molecule has 0 saturated heterocycles. The molecule has 0 fully saturated rings.